The topological polar surface area (TPSA) is 64.6 Å². The zero-order valence-corrected chi connectivity index (χ0v) is 25.0. The van der Waals surface area contributed by atoms with Gasteiger partial charge in [0.15, 0.2) is 0 Å². The van der Waals surface area contributed by atoms with Gasteiger partial charge < -0.3 is 14.8 Å². The number of allylic oxidation sites excluding steroid dienone is 2. The molecule has 4 aliphatic carbocycles. The van der Waals surface area contributed by atoms with Crippen LogP contribution in [0.15, 0.2) is 23.0 Å². The Morgan fingerprint density at radius 2 is 1.95 bits per heavy atom. The molecular weight excluding hydrogens is 474 g/mol. The van der Waals surface area contributed by atoms with E-state index in [1.807, 2.05) is 0 Å². The number of ether oxygens (including phenoxy) is 2. The lowest BCUT2D eigenvalue weighted by Gasteiger charge is -2.58. The highest BCUT2D eigenvalue weighted by Gasteiger charge is 2.68. The highest BCUT2D eigenvalue weighted by atomic mass is 16.5. The van der Waals surface area contributed by atoms with E-state index in [0.717, 1.165) is 56.9 Å². The number of hydrogen-bond acceptors (Lipinski definition) is 4. The first-order valence-corrected chi connectivity index (χ1v) is 15.4. The van der Waals surface area contributed by atoms with E-state index in [1.165, 1.54) is 43.9 Å². The first-order chi connectivity index (χ1) is 17.9. The van der Waals surface area contributed by atoms with Crippen LogP contribution in [-0.2, 0) is 19.1 Å². The Morgan fingerprint density at radius 1 is 1.18 bits per heavy atom. The fourth-order valence-electron chi connectivity index (χ4n) is 10.1. The Labute approximate surface area is 230 Å². The molecule has 5 rings (SSSR count). The Bertz CT molecular complexity index is 1030. The molecular formula is C33H51NO4. The zero-order chi connectivity index (χ0) is 27.5. The molecule has 0 aromatic carbocycles. The van der Waals surface area contributed by atoms with E-state index in [1.54, 1.807) is 12.5 Å². The number of rotatable bonds is 7. The summed E-state index contributed by atoms with van der Waals surface area (Å²) in [4.78, 5) is 22.9. The van der Waals surface area contributed by atoms with Crippen molar-refractivity contribution in [3.8, 4) is 0 Å². The maximum absolute atomic E-state index is 11.6. The van der Waals surface area contributed by atoms with E-state index in [4.69, 9.17) is 9.47 Å². The fraction of sp³-hybridized carbons (Fsp3) is 0.818. The average molecular weight is 526 g/mol. The van der Waals surface area contributed by atoms with Crippen LogP contribution in [0.1, 0.15) is 113 Å². The van der Waals surface area contributed by atoms with E-state index in [9.17, 15) is 9.59 Å². The van der Waals surface area contributed by atoms with Gasteiger partial charge in [-0.15, -0.1) is 0 Å². The van der Waals surface area contributed by atoms with Gasteiger partial charge in [-0.3, -0.25) is 9.59 Å². The van der Waals surface area contributed by atoms with Gasteiger partial charge in [-0.1, -0.05) is 39.3 Å². The number of amides is 1. The number of carbonyl (C=O) groups excluding carboxylic acids is 2. The average Bonchev–Trinajstić information content (AvgIpc) is 3.30. The maximum atomic E-state index is 11.6. The Morgan fingerprint density at radius 3 is 2.63 bits per heavy atom. The molecule has 0 saturated heterocycles. The molecule has 5 aliphatic rings. The fourth-order valence-corrected chi connectivity index (χ4v) is 10.1. The van der Waals surface area contributed by atoms with Crippen molar-refractivity contribution in [1.82, 2.24) is 5.32 Å². The van der Waals surface area contributed by atoms with Crippen LogP contribution in [-0.4, -0.2) is 30.1 Å². The number of fused-ring (bicyclic) bond motifs is 7. The lowest BCUT2D eigenvalue weighted by atomic mass is 9.47. The molecule has 0 spiro atoms. The largest absolute Gasteiger partial charge is 0.491 e. The van der Waals surface area contributed by atoms with Gasteiger partial charge in [0.2, 0.25) is 5.91 Å². The number of hydrogen-bond donors (Lipinski definition) is 1. The second-order valence-corrected chi connectivity index (χ2v) is 14.1. The smallest absolute Gasteiger partial charge is 0.302 e. The quantitative estimate of drug-likeness (QED) is 0.284. The standard InChI is InChI=1S/C33H51NO4/c1-8-33-18-28-26-11-10-24-17-25(37-23(5)36)13-15-31(24,6)27(26)14-16-32(28,7)30(33)21(3)29(38-33)12-9-20(2)19-34-22(4)35/h10,20,25-28,30H,8-9,11-19H2,1-7H3,(H,34,35)/t20-,25-,26+,27-,28-,30+,31-,32-,33-/m0/s1. The molecule has 1 N–H and O–H groups in total. The molecule has 3 fully saturated rings. The van der Waals surface area contributed by atoms with Crippen LogP contribution in [0.3, 0.4) is 0 Å². The van der Waals surface area contributed by atoms with Crippen molar-refractivity contribution < 1.29 is 19.1 Å². The summed E-state index contributed by atoms with van der Waals surface area (Å²) in [5.74, 6) is 4.26. The van der Waals surface area contributed by atoms with Crippen molar-refractivity contribution in [3.05, 3.63) is 23.0 Å². The van der Waals surface area contributed by atoms with Gasteiger partial charge in [0, 0.05) is 39.2 Å². The predicted molar refractivity (Wildman–Crippen MR) is 150 cm³/mol. The monoisotopic (exact) mass is 525 g/mol. The highest BCUT2D eigenvalue weighted by molar-refractivity contribution is 5.72. The minimum atomic E-state index is -0.145. The molecule has 212 valence electrons. The first kappa shape index (κ1) is 27.8. The van der Waals surface area contributed by atoms with Crippen molar-refractivity contribution in [2.75, 3.05) is 6.54 Å². The number of esters is 1. The Hall–Kier alpha value is -1.78. The third-order valence-electron chi connectivity index (χ3n) is 11.9. The van der Waals surface area contributed by atoms with E-state index < -0.39 is 0 Å². The molecule has 0 unspecified atom stereocenters. The van der Waals surface area contributed by atoms with Crippen LogP contribution in [0.25, 0.3) is 0 Å². The SMILES string of the molecule is CC[C@]12C[C@H]3[C@@H]4CC=C5C[C@@H](OC(C)=O)CC[C@]5(C)[C@H]4CC[C@]3(C)[C@H]1C(C)=C(CC[C@H](C)CNC(C)=O)O2. The van der Waals surface area contributed by atoms with Crippen molar-refractivity contribution >= 4 is 11.9 Å². The van der Waals surface area contributed by atoms with Gasteiger partial charge in [-0.05, 0) is 98.4 Å². The van der Waals surface area contributed by atoms with Gasteiger partial charge in [0.1, 0.15) is 11.7 Å². The van der Waals surface area contributed by atoms with Crippen LogP contribution in [0.2, 0.25) is 0 Å². The highest BCUT2D eigenvalue weighted by Crippen LogP contribution is 2.72. The van der Waals surface area contributed by atoms with Crippen molar-refractivity contribution in [3.63, 3.8) is 0 Å². The molecule has 0 radical (unpaired) electrons. The van der Waals surface area contributed by atoms with Gasteiger partial charge in [-0.2, -0.15) is 0 Å². The van der Waals surface area contributed by atoms with Crippen molar-refractivity contribution in [2.45, 2.75) is 124 Å². The van der Waals surface area contributed by atoms with Crippen LogP contribution >= 0.6 is 0 Å². The van der Waals surface area contributed by atoms with Crippen LogP contribution in [0, 0.1) is 40.4 Å². The lowest BCUT2D eigenvalue weighted by Crippen LogP contribution is -2.50. The van der Waals surface area contributed by atoms with Crippen LogP contribution in [0.4, 0.5) is 0 Å². The summed E-state index contributed by atoms with van der Waals surface area (Å²) in [6, 6.07) is 0. The van der Waals surface area contributed by atoms with Crippen LogP contribution < -0.4 is 5.32 Å². The molecule has 5 nitrogen and oxygen atoms in total. The van der Waals surface area contributed by atoms with E-state index >= 15 is 0 Å². The molecule has 3 saturated carbocycles. The van der Waals surface area contributed by atoms with Crippen molar-refractivity contribution in [2.24, 2.45) is 40.4 Å². The molecule has 1 aliphatic heterocycles. The van der Waals surface area contributed by atoms with E-state index in [2.05, 4.69) is 46.0 Å². The summed E-state index contributed by atoms with van der Waals surface area (Å²) in [6.45, 7) is 15.9. The molecule has 5 heteroatoms. The second kappa shape index (κ2) is 10.0. The van der Waals surface area contributed by atoms with Crippen LogP contribution in [0.5, 0.6) is 0 Å². The maximum Gasteiger partial charge on any atom is 0.302 e. The summed E-state index contributed by atoms with van der Waals surface area (Å²) in [5.41, 5.74) is 3.57. The van der Waals surface area contributed by atoms with Gasteiger partial charge >= 0.3 is 5.97 Å². The minimum Gasteiger partial charge on any atom is -0.491 e. The second-order valence-electron chi connectivity index (χ2n) is 14.1. The number of carbonyl (C=O) groups is 2. The minimum absolute atomic E-state index is 0.0491. The Kier molecular flexibility index (Phi) is 7.31. The molecule has 0 aromatic heterocycles. The molecule has 0 aromatic rings. The summed E-state index contributed by atoms with van der Waals surface area (Å²) in [6.07, 6.45) is 13.7. The normalized spacial score (nSPS) is 42.2. The van der Waals surface area contributed by atoms with Gasteiger partial charge in [0.05, 0.1) is 5.76 Å². The third-order valence-corrected chi connectivity index (χ3v) is 11.9. The predicted octanol–water partition coefficient (Wildman–Crippen LogP) is 7.11. The summed E-state index contributed by atoms with van der Waals surface area (Å²) >= 11 is 0. The summed E-state index contributed by atoms with van der Waals surface area (Å²) < 4.78 is 12.7. The van der Waals surface area contributed by atoms with E-state index in [0.29, 0.717) is 23.2 Å². The summed E-state index contributed by atoms with van der Waals surface area (Å²) in [5, 5.41) is 2.97. The molecule has 1 amide bonds. The van der Waals surface area contributed by atoms with Crippen molar-refractivity contribution in [1.29, 1.82) is 0 Å². The molecule has 9 atom stereocenters. The first-order valence-electron chi connectivity index (χ1n) is 15.4. The van der Waals surface area contributed by atoms with E-state index in [-0.39, 0.29) is 29.0 Å². The van der Waals surface area contributed by atoms with Gasteiger partial charge in [-0.25, -0.2) is 0 Å². The third kappa shape index (κ3) is 4.44. The summed E-state index contributed by atoms with van der Waals surface area (Å²) in [7, 11) is 0. The lowest BCUT2D eigenvalue weighted by molar-refractivity contribution is -0.148. The van der Waals surface area contributed by atoms with Gasteiger partial charge in [0.25, 0.3) is 0 Å². The molecule has 38 heavy (non-hydrogen) atoms. The number of nitrogens with one attached hydrogen (secondary N) is 1. The molecule has 1 heterocycles. The Balaban J connectivity index is 1.35. The zero-order valence-electron chi connectivity index (χ0n) is 25.0. The molecule has 0 bridgehead atoms.